The molecule has 40 heavy (non-hydrogen) atoms. The number of rotatable bonds is 3. The first-order chi connectivity index (χ1) is 18.3. The number of ether oxygens (including phenoxy) is 2. The number of carbonyl (C=O) groups is 2. The Balaban J connectivity index is 0.00000161. The number of esters is 1. The van der Waals surface area contributed by atoms with Crippen molar-refractivity contribution in [2.45, 2.75) is 28.8 Å². The Hall–Kier alpha value is -0.717. The number of β-lactam (4-membered cyclic amide) rings is 1. The molecule has 4 aliphatic heterocycles. The Morgan fingerprint density at radius 1 is 1.00 bits per heavy atom. The normalized spacial score (nSPS) is 21.1. The van der Waals surface area contributed by atoms with E-state index in [4.69, 9.17) is 15.2 Å². The van der Waals surface area contributed by atoms with E-state index < -0.39 is 17.6 Å². The molecule has 0 aliphatic carbocycles. The smallest absolute Gasteiger partial charge is 0.340 e. The third-order valence-electron chi connectivity index (χ3n) is 7.54. The van der Waals surface area contributed by atoms with Gasteiger partial charge >= 0.3 is 5.97 Å². The molecule has 3 aromatic rings. The van der Waals surface area contributed by atoms with E-state index in [9.17, 15) is 19.8 Å². The third-order valence-corrected chi connectivity index (χ3v) is 9.98. The third kappa shape index (κ3) is 4.60. The summed E-state index contributed by atoms with van der Waals surface area (Å²) in [5.74, 6) is 1.71. The van der Waals surface area contributed by atoms with Crippen LogP contribution in [0.5, 0.6) is 23.0 Å². The van der Waals surface area contributed by atoms with E-state index >= 15 is 0 Å². The van der Waals surface area contributed by atoms with Gasteiger partial charge in [0.05, 0.1) is 5.56 Å². The van der Waals surface area contributed by atoms with Crippen LogP contribution in [-0.4, -0.2) is 49.9 Å². The summed E-state index contributed by atoms with van der Waals surface area (Å²) in [4.78, 5) is 28.2. The Labute approximate surface area is 310 Å². The molecule has 1 fully saturated rings. The maximum Gasteiger partial charge on any atom is 0.340 e. The number of thioether (sulfide) groups is 2. The van der Waals surface area contributed by atoms with Crippen molar-refractivity contribution >= 4 is 35.4 Å². The van der Waals surface area contributed by atoms with E-state index in [0.29, 0.717) is 39.5 Å². The molecule has 7 rings (SSSR count). The number of nitrogens with two attached hydrogens (primary N) is 1. The second-order valence-electron chi connectivity index (χ2n) is 9.65. The maximum atomic E-state index is 13.3. The molecule has 0 bridgehead atoms. The van der Waals surface area contributed by atoms with Crippen LogP contribution in [0.3, 0.4) is 0 Å². The molecular formula is C28H22Ac2N2O6S2. The molecule has 4 aliphatic rings. The standard InChI is InChI=1S/C28H22N2O6S2.2Ac/c1-13-14(12-38-26-24(29)25(33)30(13)26)11-37-17-4-7-19-18(10-17)27(34)36-28(19)20-5-2-15(31)8-22(20)35-23-9-16(32)3-6-21(23)28;;/h2-10,24,26,31-32H,11-12,29H2,1H3;;. The van der Waals surface area contributed by atoms with Crippen molar-refractivity contribution in [1.29, 1.82) is 0 Å². The van der Waals surface area contributed by atoms with Gasteiger partial charge in [-0.3, -0.25) is 4.79 Å². The van der Waals surface area contributed by atoms with Gasteiger partial charge in [-0.05, 0) is 48.9 Å². The van der Waals surface area contributed by atoms with Gasteiger partial charge in [0.15, 0.2) is 5.60 Å². The predicted octanol–water partition coefficient (Wildman–Crippen LogP) is 4.27. The number of aromatic hydroxyl groups is 2. The van der Waals surface area contributed by atoms with Crippen LogP contribution in [0.4, 0.5) is 0 Å². The summed E-state index contributed by atoms with van der Waals surface area (Å²) in [6, 6.07) is 14.7. The van der Waals surface area contributed by atoms with Gasteiger partial charge < -0.3 is 30.3 Å². The summed E-state index contributed by atoms with van der Waals surface area (Å²) in [5, 5.41) is 20.2. The fourth-order valence-corrected chi connectivity index (χ4v) is 8.14. The van der Waals surface area contributed by atoms with Crippen molar-refractivity contribution in [2.75, 3.05) is 11.5 Å². The number of hydrogen-bond acceptors (Lipinski definition) is 9. The zero-order valence-electron chi connectivity index (χ0n) is 21.3. The second-order valence-corrected chi connectivity index (χ2v) is 11.8. The van der Waals surface area contributed by atoms with Crippen molar-refractivity contribution in [3.05, 3.63) is 88.1 Å². The number of nitrogens with zero attached hydrogens (tertiary/aromatic N) is 1. The van der Waals surface area contributed by atoms with Gasteiger partial charge in [-0.2, -0.15) is 0 Å². The molecule has 1 saturated heterocycles. The first-order valence-corrected chi connectivity index (χ1v) is 14.1. The molecule has 3 aromatic carbocycles. The van der Waals surface area contributed by atoms with Crippen LogP contribution < -0.4 is 10.5 Å². The summed E-state index contributed by atoms with van der Waals surface area (Å²) in [6.07, 6.45) is 0. The largest absolute Gasteiger partial charge is 0.508 e. The monoisotopic (exact) mass is 1000 g/mol. The first-order valence-electron chi connectivity index (χ1n) is 12.0. The topological polar surface area (TPSA) is 122 Å². The fourth-order valence-electron chi connectivity index (χ4n) is 5.57. The Morgan fingerprint density at radius 3 is 2.27 bits per heavy atom. The minimum absolute atomic E-state index is 0. The number of allylic oxidation sites excluding steroid dienone is 1. The first kappa shape index (κ1) is 30.7. The van der Waals surface area contributed by atoms with Crippen LogP contribution in [0.25, 0.3) is 0 Å². The molecule has 198 valence electrons. The van der Waals surface area contributed by atoms with Gasteiger partial charge in [0.25, 0.3) is 0 Å². The van der Waals surface area contributed by atoms with Crippen LogP contribution in [-0.2, 0) is 15.1 Å². The average molecular weight is 1000 g/mol. The van der Waals surface area contributed by atoms with Gasteiger partial charge in [-0.25, -0.2) is 4.79 Å². The van der Waals surface area contributed by atoms with Crippen molar-refractivity contribution in [2.24, 2.45) is 5.73 Å². The molecule has 0 saturated carbocycles. The summed E-state index contributed by atoms with van der Waals surface area (Å²) in [5.41, 5.74) is 9.09. The summed E-state index contributed by atoms with van der Waals surface area (Å²) >= 11 is 3.28. The van der Waals surface area contributed by atoms with Gasteiger partial charge in [0, 0.05) is 139 Å². The number of phenolic OH excluding ortho intramolecular Hbond substituents is 2. The number of hydrogen-bond donors (Lipinski definition) is 3. The van der Waals surface area contributed by atoms with E-state index in [2.05, 4.69) is 0 Å². The van der Waals surface area contributed by atoms with Crippen molar-refractivity contribution in [3.63, 3.8) is 0 Å². The number of benzene rings is 3. The number of fused-ring (bicyclic) bond motifs is 7. The molecule has 8 nitrogen and oxygen atoms in total. The minimum atomic E-state index is -1.27. The Kier molecular flexibility index (Phi) is 8.77. The van der Waals surface area contributed by atoms with E-state index in [0.717, 1.165) is 16.3 Å². The molecular weight excluding hydrogens is 978 g/mol. The molecule has 1 spiro atoms. The SMILES string of the molecule is CC1=C(CSc2ccc3c(c2)C(=O)OC32c3ccc(O)cc3Oc3cc(O)ccc32)CSC2C(N)C(=O)N12.[Ac].[Ac]. The summed E-state index contributed by atoms with van der Waals surface area (Å²) < 4.78 is 12.1. The molecule has 4 N–H and O–H groups in total. The summed E-state index contributed by atoms with van der Waals surface area (Å²) in [6.45, 7) is 1.96. The number of phenols is 2. The second kappa shape index (κ2) is 11.4. The van der Waals surface area contributed by atoms with Crippen LogP contribution >= 0.6 is 23.5 Å². The van der Waals surface area contributed by atoms with Gasteiger partial charge in [-0.1, -0.05) is 6.07 Å². The molecule has 12 heteroatoms. The number of carbonyl (C=O) groups excluding carboxylic acids is 2. The minimum Gasteiger partial charge on any atom is -0.508 e. The number of amides is 1. The van der Waals surface area contributed by atoms with Crippen molar-refractivity contribution < 1.29 is 117 Å². The Morgan fingerprint density at radius 2 is 1.62 bits per heavy atom. The summed E-state index contributed by atoms with van der Waals surface area (Å²) in [7, 11) is 0. The van der Waals surface area contributed by atoms with Crippen molar-refractivity contribution in [3.8, 4) is 23.0 Å². The fraction of sp³-hybridized carbons (Fsp3) is 0.214. The zero-order valence-corrected chi connectivity index (χ0v) is 32.4. The van der Waals surface area contributed by atoms with Gasteiger partial charge in [-0.15, -0.1) is 23.5 Å². The Bertz CT molecular complexity index is 1560. The zero-order chi connectivity index (χ0) is 26.3. The van der Waals surface area contributed by atoms with E-state index in [1.165, 1.54) is 29.8 Å². The average Bonchev–Trinajstić information content (AvgIpc) is 3.18. The molecule has 1 amide bonds. The van der Waals surface area contributed by atoms with Crippen LogP contribution in [0.15, 0.2) is 70.8 Å². The quantitative estimate of drug-likeness (QED) is 0.201. The molecule has 2 unspecified atom stereocenters. The van der Waals surface area contributed by atoms with Crippen LogP contribution in [0.1, 0.15) is 34.0 Å². The van der Waals surface area contributed by atoms with Gasteiger partial charge in [0.1, 0.15) is 34.4 Å². The predicted molar refractivity (Wildman–Crippen MR) is 143 cm³/mol. The van der Waals surface area contributed by atoms with E-state index in [1.807, 2.05) is 25.1 Å². The molecule has 0 aromatic heterocycles. The van der Waals surface area contributed by atoms with Crippen LogP contribution in [0.2, 0.25) is 0 Å². The van der Waals surface area contributed by atoms with E-state index in [1.54, 1.807) is 40.6 Å². The van der Waals surface area contributed by atoms with E-state index in [-0.39, 0.29) is 111 Å². The molecule has 2 radical (unpaired) electrons. The van der Waals surface area contributed by atoms with Gasteiger partial charge in [0.2, 0.25) is 5.91 Å². The van der Waals surface area contributed by atoms with Crippen LogP contribution in [0, 0.1) is 88.1 Å². The molecule has 2 atom stereocenters. The maximum absolute atomic E-state index is 13.3. The molecule has 4 heterocycles. The van der Waals surface area contributed by atoms with Crippen molar-refractivity contribution in [1.82, 2.24) is 4.90 Å².